The van der Waals surface area contributed by atoms with Crippen molar-refractivity contribution in [3.05, 3.63) is 34.0 Å². The molecule has 0 spiro atoms. The first-order valence-corrected chi connectivity index (χ1v) is 7.30. The molecule has 1 unspecified atom stereocenters. The van der Waals surface area contributed by atoms with E-state index in [4.69, 9.17) is 0 Å². The van der Waals surface area contributed by atoms with Crippen molar-refractivity contribution in [2.24, 2.45) is 0 Å². The van der Waals surface area contributed by atoms with Crippen LogP contribution in [0.1, 0.15) is 50.6 Å². The quantitative estimate of drug-likeness (QED) is 0.751. The van der Waals surface area contributed by atoms with Crippen LogP contribution in [-0.2, 0) is 0 Å². The highest BCUT2D eigenvalue weighted by Gasteiger charge is 2.17. The van der Waals surface area contributed by atoms with Crippen LogP contribution in [0.3, 0.4) is 0 Å². The molecule has 0 saturated heterocycles. The fraction of sp³-hybridized carbons (Fsp3) is 0.571. The van der Waals surface area contributed by atoms with Gasteiger partial charge in [-0.3, -0.25) is 0 Å². The third-order valence-electron chi connectivity index (χ3n) is 3.17. The summed E-state index contributed by atoms with van der Waals surface area (Å²) in [7, 11) is 0. The zero-order chi connectivity index (χ0) is 11.2. The number of thiophene rings is 1. The Hall–Kier alpha value is -0.600. The fourth-order valence-corrected chi connectivity index (χ4v) is 3.00. The summed E-state index contributed by atoms with van der Waals surface area (Å²) in [5.41, 5.74) is 3.06. The van der Waals surface area contributed by atoms with E-state index in [-0.39, 0.29) is 0 Å². The van der Waals surface area contributed by atoms with E-state index in [9.17, 15) is 0 Å². The van der Waals surface area contributed by atoms with Gasteiger partial charge in [0.25, 0.3) is 0 Å². The lowest BCUT2D eigenvalue weighted by Gasteiger charge is -2.24. The van der Waals surface area contributed by atoms with E-state index < -0.39 is 0 Å². The molecular formula is C14H21NS. The Labute approximate surface area is 103 Å². The van der Waals surface area contributed by atoms with Gasteiger partial charge in [0.05, 0.1) is 6.04 Å². The van der Waals surface area contributed by atoms with Crippen LogP contribution in [0, 0.1) is 0 Å². The highest BCUT2D eigenvalue weighted by molar-refractivity contribution is 7.08. The van der Waals surface area contributed by atoms with Crippen LogP contribution in [0.25, 0.3) is 0 Å². The molecule has 16 heavy (non-hydrogen) atoms. The zero-order valence-corrected chi connectivity index (χ0v) is 10.9. The van der Waals surface area contributed by atoms with Crippen LogP contribution >= 0.6 is 11.3 Å². The second-order valence-corrected chi connectivity index (χ2v) is 5.25. The predicted molar refractivity (Wildman–Crippen MR) is 71.9 cm³/mol. The van der Waals surface area contributed by atoms with Crippen LogP contribution < -0.4 is 5.32 Å². The van der Waals surface area contributed by atoms with Gasteiger partial charge in [-0.2, -0.15) is 11.3 Å². The molecule has 0 saturated carbocycles. The molecule has 1 aliphatic carbocycles. The SMILES string of the molecule is CCCNC(C1=CCCCC1)c1ccsc1. The molecule has 0 aromatic carbocycles. The average molecular weight is 235 g/mol. The molecule has 2 heteroatoms. The molecule has 1 aromatic heterocycles. The van der Waals surface area contributed by atoms with Gasteiger partial charge in [-0.1, -0.05) is 18.6 Å². The fourth-order valence-electron chi connectivity index (χ4n) is 2.32. The van der Waals surface area contributed by atoms with Crippen LogP contribution in [-0.4, -0.2) is 6.54 Å². The van der Waals surface area contributed by atoms with Gasteiger partial charge in [-0.25, -0.2) is 0 Å². The number of hydrogen-bond acceptors (Lipinski definition) is 2. The van der Waals surface area contributed by atoms with Gasteiger partial charge in [0.1, 0.15) is 0 Å². The molecule has 1 aromatic rings. The van der Waals surface area contributed by atoms with Crippen LogP contribution in [0.4, 0.5) is 0 Å². The van der Waals surface area contributed by atoms with Gasteiger partial charge in [0.15, 0.2) is 0 Å². The van der Waals surface area contributed by atoms with Gasteiger partial charge >= 0.3 is 0 Å². The lowest BCUT2D eigenvalue weighted by molar-refractivity contribution is 0.548. The van der Waals surface area contributed by atoms with Gasteiger partial charge < -0.3 is 5.32 Å². The first kappa shape index (κ1) is 11.9. The second kappa shape index (κ2) is 6.21. The normalized spacial score (nSPS) is 18.2. The summed E-state index contributed by atoms with van der Waals surface area (Å²) in [5, 5.41) is 8.14. The molecule has 1 nitrogen and oxygen atoms in total. The summed E-state index contributed by atoms with van der Waals surface area (Å²) in [6, 6.07) is 2.74. The molecule has 1 N–H and O–H groups in total. The van der Waals surface area contributed by atoms with Crippen LogP contribution in [0.2, 0.25) is 0 Å². The van der Waals surface area contributed by atoms with Crippen molar-refractivity contribution in [1.82, 2.24) is 5.32 Å². The molecule has 1 aliphatic rings. The summed E-state index contributed by atoms with van der Waals surface area (Å²) in [4.78, 5) is 0. The van der Waals surface area contributed by atoms with E-state index in [0.29, 0.717) is 6.04 Å². The molecule has 88 valence electrons. The van der Waals surface area contributed by atoms with Gasteiger partial charge in [0, 0.05) is 0 Å². The van der Waals surface area contributed by atoms with E-state index in [1.54, 1.807) is 16.9 Å². The van der Waals surface area contributed by atoms with E-state index in [2.05, 4.69) is 35.1 Å². The smallest absolute Gasteiger partial charge is 0.0544 e. The maximum absolute atomic E-state index is 3.68. The topological polar surface area (TPSA) is 12.0 Å². The summed E-state index contributed by atoms with van der Waals surface area (Å²) in [5.74, 6) is 0. The second-order valence-electron chi connectivity index (χ2n) is 4.47. The van der Waals surface area contributed by atoms with Crippen molar-refractivity contribution in [3.63, 3.8) is 0 Å². The van der Waals surface area contributed by atoms with Crippen molar-refractivity contribution in [3.8, 4) is 0 Å². The summed E-state index contributed by atoms with van der Waals surface area (Å²) in [6.07, 6.45) is 8.93. The standard InChI is InChI=1S/C14H21NS/c1-2-9-15-14(13-8-10-16-11-13)12-6-4-3-5-7-12/h6,8,10-11,14-15H,2-5,7,9H2,1H3. The Morgan fingerprint density at radius 2 is 2.38 bits per heavy atom. The van der Waals surface area contributed by atoms with Crippen molar-refractivity contribution in [2.45, 2.75) is 45.1 Å². The molecule has 1 atom stereocenters. The Balaban J connectivity index is 2.10. The number of allylic oxidation sites excluding steroid dienone is 1. The Bertz CT molecular complexity index is 327. The first-order chi connectivity index (χ1) is 7.92. The van der Waals surface area contributed by atoms with E-state index in [1.165, 1.54) is 37.7 Å². The molecule has 0 amide bonds. The lowest BCUT2D eigenvalue weighted by Crippen LogP contribution is -2.24. The Morgan fingerprint density at radius 3 is 3.00 bits per heavy atom. The molecular weight excluding hydrogens is 214 g/mol. The highest BCUT2D eigenvalue weighted by atomic mass is 32.1. The number of hydrogen-bond donors (Lipinski definition) is 1. The molecule has 0 bridgehead atoms. The molecule has 1 heterocycles. The molecule has 0 radical (unpaired) electrons. The third kappa shape index (κ3) is 2.96. The Kier molecular flexibility index (Phi) is 4.61. The number of nitrogens with one attached hydrogen (secondary N) is 1. The van der Waals surface area contributed by atoms with Crippen LogP contribution in [0.15, 0.2) is 28.5 Å². The Morgan fingerprint density at radius 1 is 1.44 bits per heavy atom. The van der Waals surface area contributed by atoms with Crippen molar-refractivity contribution in [1.29, 1.82) is 0 Å². The van der Waals surface area contributed by atoms with Crippen molar-refractivity contribution >= 4 is 11.3 Å². The monoisotopic (exact) mass is 235 g/mol. The first-order valence-electron chi connectivity index (χ1n) is 6.36. The lowest BCUT2D eigenvalue weighted by atomic mass is 9.91. The van der Waals surface area contributed by atoms with Crippen molar-refractivity contribution < 1.29 is 0 Å². The molecule has 2 rings (SSSR count). The van der Waals surface area contributed by atoms with E-state index >= 15 is 0 Å². The minimum Gasteiger partial charge on any atom is -0.307 e. The number of rotatable bonds is 5. The average Bonchev–Trinajstić information content (AvgIpc) is 2.85. The summed E-state index contributed by atoms with van der Waals surface area (Å²) >= 11 is 1.80. The van der Waals surface area contributed by atoms with Gasteiger partial charge in [-0.15, -0.1) is 0 Å². The van der Waals surface area contributed by atoms with E-state index in [1.807, 2.05) is 0 Å². The molecule has 0 fully saturated rings. The minimum atomic E-state index is 0.478. The maximum Gasteiger partial charge on any atom is 0.0544 e. The largest absolute Gasteiger partial charge is 0.307 e. The highest BCUT2D eigenvalue weighted by Crippen LogP contribution is 2.30. The van der Waals surface area contributed by atoms with Gasteiger partial charge in [-0.05, 0) is 61.0 Å². The van der Waals surface area contributed by atoms with Gasteiger partial charge in [0.2, 0.25) is 0 Å². The van der Waals surface area contributed by atoms with Crippen LogP contribution in [0.5, 0.6) is 0 Å². The summed E-state index contributed by atoms with van der Waals surface area (Å²) < 4.78 is 0. The predicted octanol–water partition coefficient (Wildman–Crippen LogP) is 4.29. The van der Waals surface area contributed by atoms with E-state index in [0.717, 1.165) is 6.54 Å². The molecule has 0 aliphatic heterocycles. The van der Waals surface area contributed by atoms with Crippen molar-refractivity contribution in [2.75, 3.05) is 6.54 Å². The maximum atomic E-state index is 3.68. The third-order valence-corrected chi connectivity index (χ3v) is 3.87. The summed E-state index contributed by atoms with van der Waals surface area (Å²) in [6.45, 7) is 3.34. The zero-order valence-electron chi connectivity index (χ0n) is 10.0. The minimum absolute atomic E-state index is 0.478.